The van der Waals surface area contributed by atoms with Gasteiger partial charge >= 0.3 is 11.9 Å². The Morgan fingerprint density at radius 3 is 2.76 bits per heavy atom. The summed E-state index contributed by atoms with van der Waals surface area (Å²) in [6, 6.07) is 8.52. The molecule has 9 nitrogen and oxygen atoms in total. The molecule has 0 spiro atoms. The van der Waals surface area contributed by atoms with E-state index in [1.54, 1.807) is 37.3 Å². The highest BCUT2D eigenvalue weighted by Gasteiger charge is 2.46. The second kappa shape index (κ2) is 7.95. The van der Waals surface area contributed by atoms with Crippen molar-refractivity contribution in [2.45, 2.75) is 58.5 Å². The molecule has 0 aliphatic carbocycles. The van der Waals surface area contributed by atoms with Gasteiger partial charge in [-0.15, -0.1) is 0 Å². The summed E-state index contributed by atoms with van der Waals surface area (Å²) >= 11 is 0. The number of cyclic esters (lactones) is 1. The molecule has 1 atom stereocenters. The normalized spacial score (nSPS) is 18.3. The molecule has 0 amide bonds. The molecular weight excluding hydrogens is 440 g/mol. The lowest BCUT2D eigenvalue weighted by Crippen LogP contribution is -2.44. The summed E-state index contributed by atoms with van der Waals surface area (Å²) in [5, 5.41) is 25.2. The first-order chi connectivity index (χ1) is 16.3. The number of aromatic nitrogens is 2. The lowest BCUT2D eigenvalue weighted by atomic mass is 9.86. The van der Waals surface area contributed by atoms with Gasteiger partial charge in [0.05, 0.1) is 23.1 Å². The van der Waals surface area contributed by atoms with Crippen LogP contribution in [0.4, 0.5) is 0 Å². The van der Waals surface area contributed by atoms with Gasteiger partial charge in [-0.2, -0.15) is 4.73 Å². The maximum absolute atomic E-state index is 13.5. The summed E-state index contributed by atoms with van der Waals surface area (Å²) in [6.45, 7) is 3.33. The summed E-state index contributed by atoms with van der Waals surface area (Å²) in [4.78, 5) is 37.9. The van der Waals surface area contributed by atoms with Gasteiger partial charge in [0.1, 0.15) is 18.9 Å². The first-order valence-corrected chi connectivity index (χ1v) is 11.3. The Bertz CT molecular complexity index is 1430. The van der Waals surface area contributed by atoms with E-state index in [1.165, 1.54) is 4.57 Å². The van der Waals surface area contributed by atoms with Crippen molar-refractivity contribution in [1.29, 1.82) is 0 Å². The van der Waals surface area contributed by atoms with E-state index in [9.17, 15) is 24.7 Å². The maximum atomic E-state index is 13.5. The van der Waals surface area contributed by atoms with E-state index in [0.29, 0.717) is 34.1 Å². The molecule has 0 radical (unpaired) electrons. The Hall–Kier alpha value is -3.72. The number of nitrogens with zero attached hydrogens (tertiary/aromatic N) is 2. The van der Waals surface area contributed by atoms with Gasteiger partial charge in [-0.25, -0.2) is 4.79 Å². The van der Waals surface area contributed by atoms with Gasteiger partial charge in [-0.3, -0.25) is 14.2 Å². The van der Waals surface area contributed by atoms with Gasteiger partial charge in [0.2, 0.25) is 11.2 Å². The summed E-state index contributed by atoms with van der Waals surface area (Å²) in [5.41, 5.74) is 0.116. The minimum atomic E-state index is -1.96. The third-order valence-electron chi connectivity index (χ3n) is 6.73. The quantitative estimate of drug-likeness (QED) is 0.273. The monoisotopic (exact) mass is 464 g/mol. The van der Waals surface area contributed by atoms with Crippen LogP contribution in [-0.4, -0.2) is 21.6 Å². The van der Waals surface area contributed by atoms with Crippen LogP contribution in [0.15, 0.2) is 35.1 Å². The van der Waals surface area contributed by atoms with Crippen LogP contribution in [0, 0.1) is 5.21 Å². The fraction of sp³-hybridized carbons (Fsp3) is 0.360. The highest BCUT2D eigenvalue weighted by molar-refractivity contribution is 5.86. The van der Waals surface area contributed by atoms with Crippen molar-refractivity contribution in [1.82, 2.24) is 4.57 Å². The number of para-hydroxylation sites is 1. The molecule has 34 heavy (non-hydrogen) atoms. The van der Waals surface area contributed by atoms with Gasteiger partial charge in [0.25, 0.3) is 5.56 Å². The lowest BCUT2D eigenvalue weighted by Gasteiger charge is -2.31. The summed E-state index contributed by atoms with van der Waals surface area (Å²) in [6.07, 6.45) is 0.952. The molecule has 0 unspecified atom stereocenters. The van der Waals surface area contributed by atoms with Crippen molar-refractivity contribution in [2.75, 3.05) is 0 Å². The van der Waals surface area contributed by atoms with Crippen LogP contribution in [-0.2, 0) is 44.4 Å². The molecule has 0 saturated heterocycles. The number of benzene rings is 1. The SMILES string of the molecule is CCCC(=O)OCc1c2c([n+]([O-])c3ccccc13)-c1cc3c(c(=O)n1C2)COC(=O)[C@]3(O)CC. The molecule has 1 N–H and O–H groups in total. The number of carbonyl (C=O) groups excluding carboxylic acids is 2. The number of hydrogen-bond donors (Lipinski definition) is 1. The number of rotatable bonds is 5. The fourth-order valence-electron chi connectivity index (χ4n) is 4.89. The first-order valence-electron chi connectivity index (χ1n) is 11.3. The predicted molar refractivity (Wildman–Crippen MR) is 120 cm³/mol. The first kappa shape index (κ1) is 22.1. The topological polar surface area (TPSA) is 122 Å². The van der Waals surface area contributed by atoms with Gasteiger partial charge in [0.15, 0.2) is 5.60 Å². The molecule has 2 aliphatic heterocycles. The van der Waals surface area contributed by atoms with E-state index < -0.39 is 17.1 Å². The second-order valence-electron chi connectivity index (χ2n) is 8.63. The van der Waals surface area contributed by atoms with E-state index in [1.807, 2.05) is 6.92 Å². The van der Waals surface area contributed by atoms with E-state index in [2.05, 4.69) is 0 Å². The van der Waals surface area contributed by atoms with Crippen LogP contribution in [0.25, 0.3) is 22.3 Å². The summed E-state index contributed by atoms with van der Waals surface area (Å²) < 4.78 is 12.8. The third-order valence-corrected chi connectivity index (χ3v) is 6.73. The molecule has 2 aromatic heterocycles. The molecule has 176 valence electrons. The standard InChI is InChI=1S/C25H24N2O7/c1-3-7-21(28)33-12-16-14-8-5-6-9-19(14)27(32)22-15(16)11-26-20(22)10-18-17(23(26)29)13-34-24(30)25(18,31)4-2/h5-6,8-10,31H,3-4,7,11-13H2,1-2H3/t25-/m0/s1. The van der Waals surface area contributed by atoms with Crippen LogP contribution in [0.3, 0.4) is 0 Å². The molecule has 0 fully saturated rings. The van der Waals surface area contributed by atoms with Gasteiger partial charge in [-0.1, -0.05) is 26.0 Å². The van der Waals surface area contributed by atoms with E-state index in [-0.39, 0.29) is 55.4 Å². The summed E-state index contributed by atoms with van der Waals surface area (Å²) in [5.74, 6) is -1.16. The van der Waals surface area contributed by atoms with Crippen molar-refractivity contribution in [3.05, 3.63) is 68.1 Å². The zero-order chi connectivity index (χ0) is 24.2. The van der Waals surface area contributed by atoms with Crippen molar-refractivity contribution in [3.8, 4) is 11.4 Å². The Morgan fingerprint density at radius 1 is 1.26 bits per heavy atom. The fourth-order valence-corrected chi connectivity index (χ4v) is 4.89. The molecule has 9 heteroatoms. The Kier molecular flexibility index (Phi) is 5.16. The smallest absolute Gasteiger partial charge is 0.343 e. The Labute approximate surface area is 194 Å². The largest absolute Gasteiger partial charge is 0.618 e. The van der Waals surface area contributed by atoms with Crippen molar-refractivity contribution >= 4 is 22.8 Å². The molecule has 0 saturated carbocycles. The highest BCUT2D eigenvalue weighted by Crippen LogP contribution is 2.39. The number of esters is 2. The van der Waals surface area contributed by atoms with Crippen LogP contribution < -0.4 is 10.3 Å². The number of aliphatic hydroxyl groups is 1. The predicted octanol–water partition coefficient (Wildman–Crippen LogP) is 2.16. The minimum absolute atomic E-state index is 0.0162. The van der Waals surface area contributed by atoms with Crippen molar-refractivity contribution < 1.29 is 28.9 Å². The van der Waals surface area contributed by atoms with E-state index in [0.717, 1.165) is 4.73 Å². The number of pyridine rings is 2. The molecule has 5 rings (SSSR count). The second-order valence-corrected chi connectivity index (χ2v) is 8.63. The molecule has 1 aromatic carbocycles. The lowest BCUT2D eigenvalue weighted by molar-refractivity contribution is -0.565. The zero-order valence-electron chi connectivity index (χ0n) is 18.9. The van der Waals surface area contributed by atoms with E-state index in [4.69, 9.17) is 9.47 Å². The molecule has 4 heterocycles. The highest BCUT2D eigenvalue weighted by atomic mass is 16.6. The van der Waals surface area contributed by atoms with Crippen LogP contribution in [0.1, 0.15) is 55.4 Å². The minimum Gasteiger partial charge on any atom is -0.618 e. The van der Waals surface area contributed by atoms with Crippen LogP contribution in [0.2, 0.25) is 0 Å². The van der Waals surface area contributed by atoms with E-state index >= 15 is 0 Å². The Balaban J connectivity index is 1.76. The Morgan fingerprint density at radius 2 is 2.03 bits per heavy atom. The molecule has 0 bridgehead atoms. The van der Waals surface area contributed by atoms with Crippen molar-refractivity contribution in [2.24, 2.45) is 0 Å². The van der Waals surface area contributed by atoms with Crippen LogP contribution in [0.5, 0.6) is 0 Å². The molecule has 3 aromatic rings. The van der Waals surface area contributed by atoms with Gasteiger partial charge in [-0.05, 0) is 25.0 Å². The number of hydrogen-bond acceptors (Lipinski definition) is 7. The third kappa shape index (κ3) is 3.03. The number of carbonyl (C=O) groups is 2. The maximum Gasteiger partial charge on any atom is 0.343 e. The average Bonchev–Trinajstić information content (AvgIpc) is 3.22. The average molecular weight is 464 g/mol. The zero-order valence-corrected chi connectivity index (χ0v) is 18.9. The number of fused-ring (bicyclic) bond motifs is 5. The molecule has 2 aliphatic rings. The van der Waals surface area contributed by atoms with Crippen LogP contribution >= 0.6 is 0 Å². The summed E-state index contributed by atoms with van der Waals surface area (Å²) in [7, 11) is 0. The molecular formula is C25H24N2O7. The van der Waals surface area contributed by atoms with Gasteiger partial charge in [0, 0.05) is 23.6 Å². The van der Waals surface area contributed by atoms with Crippen molar-refractivity contribution in [3.63, 3.8) is 0 Å². The number of ether oxygens (including phenoxy) is 2. The van der Waals surface area contributed by atoms with Gasteiger partial charge < -0.3 is 19.8 Å².